The third kappa shape index (κ3) is 7.49. The maximum atomic E-state index is 5.56. The van der Waals surface area contributed by atoms with E-state index in [-0.39, 0.29) is 24.0 Å². The van der Waals surface area contributed by atoms with Gasteiger partial charge in [-0.3, -0.25) is 4.99 Å². The molecule has 2 heterocycles. The maximum Gasteiger partial charge on any atom is 0.190 e. The van der Waals surface area contributed by atoms with Crippen molar-refractivity contribution in [1.29, 1.82) is 0 Å². The highest BCUT2D eigenvalue weighted by molar-refractivity contribution is 14.0. The Hall–Kier alpha value is -1.35. The van der Waals surface area contributed by atoms with E-state index >= 15 is 0 Å². The van der Waals surface area contributed by atoms with Crippen LogP contribution in [0.1, 0.15) is 37.4 Å². The SMILES string of the molecule is CCCCOCCCNC(=NC)NCCc1cn2cccc(C)c2n1.I. The molecule has 0 amide bonds. The topological polar surface area (TPSA) is 63.0 Å². The van der Waals surface area contributed by atoms with Crippen molar-refractivity contribution in [2.75, 3.05) is 33.4 Å². The molecule has 6 nitrogen and oxygen atoms in total. The molecule has 0 unspecified atom stereocenters. The van der Waals surface area contributed by atoms with E-state index in [1.54, 1.807) is 7.05 Å². The van der Waals surface area contributed by atoms with Crippen molar-refractivity contribution in [2.45, 2.75) is 39.5 Å². The lowest BCUT2D eigenvalue weighted by Crippen LogP contribution is -2.39. The molecule has 7 heteroatoms. The van der Waals surface area contributed by atoms with Gasteiger partial charge in [0.1, 0.15) is 5.65 Å². The summed E-state index contributed by atoms with van der Waals surface area (Å²) in [5, 5.41) is 6.65. The third-order valence-corrected chi connectivity index (χ3v) is 4.03. The van der Waals surface area contributed by atoms with Crippen molar-refractivity contribution in [3.63, 3.8) is 0 Å². The molecule has 0 aliphatic rings. The molecule has 0 bridgehead atoms. The second kappa shape index (κ2) is 12.9. The van der Waals surface area contributed by atoms with Crippen LogP contribution in [0, 0.1) is 6.92 Å². The van der Waals surface area contributed by atoms with Crippen LogP contribution >= 0.6 is 24.0 Å². The lowest BCUT2D eigenvalue weighted by atomic mass is 10.3. The summed E-state index contributed by atoms with van der Waals surface area (Å²) >= 11 is 0. The van der Waals surface area contributed by atoms with Crippen LogP contribution in [0.5, 0.6) is 0 Å². The van der Waals surface area contributed by atoms with Gasteiger partial charge in [0.15, 0.2) is 5.96 Å². The number of guanidine groups is 1. The van der Waals surface area contributed by atoms with Gasteiger partial charge in [-0.25, -0.2) is 4.98 Å². The average molecular weight is 473 g/mol. The summed E-state index contributed by atoms with van der Waals surface area (Å²) in [5.41, 5.74) is 3.31. The lowest BCUT2D eigenvalue weighted by molar-refractivity contribution is 0.129. The molecule has 0 radical (unpaired) electrons. The zero-order valence-corrected chi connectivity index (χ0v) is 18.5. The highest BCUT2D eigenvalue weighted by atomic mass is 127. The number of unbranched alkanes of at least 4 members (excludes halogenated alkanes) is 1. The van der Waals surface area contributed by atoms with Crippen LogP contribution in [-0.4, -0.2) is 48.7 Å². The first-order chi connectivity index (χ1) is 12.2. The number of halogens is 1. The van der Waals surface area contributed by atoms with Gasteiger partial charge in [0, 0.05) is 52.2 Å². The fraction of sp³-hybridized carbons (Fsp3) is 0.579. The number of rotatable bonds is 10. The summed E-state index contributed by atoms with van der Waals surface area (Å²) in [4.78, 5) is 8.94. The molecule has 2 aromatic heterocycles. The first kappa shape index (κ1) is 22.7. The molecular weight excluding hydrogens is 441 g/mol. The van der Waals surface area contributed by atoms with Gasteiger partial charge in [-0.1, -0.05) is 19.4 Å². The van der Waals surface area contributed by atoms with Gasteiger partial charge < -0.3 is 19.8 Å². The Kier molecular flexibility index (Phi) is 11.3. The number of aromatic nitrogens is 2. The number of imidazole rings is 1. The summed E-state index contributed by atoms with van der Waals surface area (Å²) < 4.78 is 7.64. The number of aliphatic imine (C=N–C) groups is 1. The van der Waals surface area contributed by atoms with E-state index in [4.69, 9.17) is 9.72 Å². The summed E-state index contributed by atoms with van der Waals surface area (Å²) in [6, 6.07) is 4.13. The number of aryl methyl sites for hydroxylation is 1. The average Bonchev–Trinajstić information content (AvgIpc) is 3.04. The Bertz CT molecular complexity index is 671. The predicted molar refractivity (Wildman–Crippen MR) is 119 cm³/mol. The smallest absolute Gasteiger partial charge is 0.190 e. The summed E-state index contributed by atoms with van der Waals surface area (Å²) in [6.45, 7) is 7.58. The monoisotopic (exact) mass is 473 g/mol. The molecule has 0 spiro atoms. The molecule has 26 heavy (non-hydrogen) atoms. The van der Waals surface area contributed by atoms with Crippen LogP contribution in [0.15, 0.2) is 29.5 Å². The highest BCUT2D eigenvalue weighted by Crippen LogP contribution is 2.09. The summed E-state index contributed by atoms with van der Waals surface area (Å²) in [5.74, 6) is 0.827. The van der Waals surface area contributed by atoms with Gasteiger partial charge in [0.05, 0.1) is 5.69 Å². The van der Waals surface area contributed by atoms with Gasteiger partial charge in [-0.15, -0.1) is 24.0 Å². The predicted octanol–water partition coefficient (Wildman–Crippen LogP) is 3.18. The van der Waals surface area contributed by atoms with Gasteiger partial charge in [0.25, 0.3) is 0 Å². The van der Waals surface area contributed by atoms with E-state index in [2.05, 4.69) is 46.1 Å². The highest BCUT2D eigenvalue weighted by Gasteiger charge is 2.04. The molecule has 2 N–H and O–H groups in total. The molecule has 0 fully saturated rings. The number of fused-ring (bicyclic) bond motifs is 1. The Labute approximate surface area is 173 Å². The van der Waals surface area contributed by atoms with E-state index in [9.17, 15) is 0 Å². The van der Waals surface area contributed by atoms with E-state index < -0.39 is 0 Å². The lowest BCUT2D eigenvalue weighted by Gasteiger charge is -2.11. The van der Waals surface area contributed by atoms with Crippen LogP contribution in [-0.2, 0) is 11.2 Å². The Morgan fingerprint density at radius 1 is 1.23 bits per heavy atom. The van der Waals surface area contributed by atoms with E-state index in [1.807, 2.05) is 12.3 Å². The first-order valence-electron chi connectivity index (χ1n) is 9.20. The van der Waals surface area contributed by atoms with Crippen molar-refractivity contribution in [3.8, 4) is 0 Å². The van der Waals surface area contributed by atoms with E-state index in [0.717, 1.165) is 62.9 Å². The minimum atomic E-state index is 0. The van der Waals surface area contributed by atoms with E-state index in [1.165, 1.54) is 12.0 Å². The van der Waals surface area contributed by atoms with Gasteiger partial charge in [0.2, 0.25) is 0 Å². The van der Waals surface area contributed by atoms with Gasteiger partial charge in [-0.2, -0.15) is 0 Å². The number of nitrogens with zero attached hydrogens (tertiary/aromatic N) is 3. The minimum Gasteiger partial charge on any atom is -0.381 e. The van der Waals surface area contributed by atoms with Gasteiger partial charge in [-0.05, 0) is 31.4 Å². The number of hydrogen-bond donors (Lipinski definition) is 2. The van der Waals surface area contributed by atoms with Crippen molar-refractivity contribution in [1.82, 2.24) is 20.0 Å². The fourth-order valence-corrected chi connectivity index (χ4v) is 2.58. The molecule has 2 rings (SSSR count). The normalized spacial score (nSPS) is 11.4. The third-order valence-electron chi connectivity index (χ3n) is 4.03. The number of nitrogens with one attached hydrogen (secondary N) is 2. The van der Waals surface area contributed by atoms with Crippen molar-refractivity contribution >= 4 is 35.6 Å². The molecule has 0 aliphatic carbocycles. The quantitative estimate of drug-likeness (QED) is 0.241. The standard InChI is InChI=1S/C19H31N5O.HI/c1-4-5-13-25-14-7-10-21-19(20-3)22-11-9-17-15-24-12-6-8-16(2)18(24)23-17;/h6,8,12,15H,4-5,7,9-11,13-14H2,1-3H3,(H2,20,21,22);1H. The first-order valence-corrected chi connectivity index (χ1v) is 9.20. The van der Waals surface area contributed by atoms with Crippen LogP contribution in [0.25, 0.3) is 5.65 Å². The van der Waals surface area contributed by atoms with Crippen molar-refractivity contribution < 1.29 is 4.74 Å². The number of hydrogen-bond acceptors (Lipinski definition) is 3. The Morgan fingerprint density at radius 2 is 2.00 bits per heavy atom. The molecule has 0 atom stereocenters. The Balaban J connectivity index is 0.00000338. The molecule has 0 aliphatic heterocycles. The summed E-state index contributed by atoms with van der Waals surface area (Å²) in [7, 11) is 1.79. The largest absolute Gasteiger partial charge is 0.381 e. The molecule has 146 valence electrons. The van der Waals surface area contributed by atoms with Crippen LogP contribution in [0.2, 0.25) is 0 Å². The molecule has 2 aromatic rings. The second-order valence-corrected chi connectivity index (χ2v) is 6.15. The number of ether oxygens (including phenoxy) is 1. The van der Waals surface area contributed by atoms with E-state index in [0.29, 0.717) is 0 Å². The molecular formula is C19H32IN5O. The fourth-order valence-electron chi connectivity index (χ4n) is 2.58. The van der Waals surface area contributed by atoms with Crippen LogP contribution < -0.4 is 10.6 Å². The molecule has 0 saturated heterocycles. The van der Waals surface area contributed by atoms with Crippen molar-refractivity contribution in [2.24, 2.45) is 4.99 Å². The number of pyridine rings is 1. The van der Waals surface area contributed by atoms with Crippen LogP contribution in [0.4, 0.5) is 0 Å². The van der Waals surface area contributed by atoms with Gasteiger partial charge >= 0.3 is 0 Å². The minimum absolute atomic E-state index is 0. The summed E-state index contributed by atoms with van der Waals surface area (Å²) in [6.07, 6.45) is 8.29. The molecule has 0 aromatic carbocycles. The Morgan fingerprint density at radius 3 is 2.73 bits per heavy atom. The van der Waals surface area contributed by atoms with Crippen LogP contribution in [0.3, 0.4) is 0 Å². The zero-order chi connectivity index (χ0) is 17.9. The zero-order valence-electron chi connectivity index (χ0n) is 16.1. The maximum absolute atomic E-state index is 5.56. The second-order valence-electron chi connectivity index (χ2n) is 6.15. The molecule has 0 saturated carbocycles. The van der Waals surface area contributed by atoms with Crippen molar-refractivity contribution in [3.05, 3.63) is 35.8 Å².